The fourth-order valence-electron chi connectivity index (χ4n) is 8.55. The summed E-state index contributed by atoms with van der Waals surface area (Å²) in [6.07, 6.45) is -9.77. The fourth-order valence-corrected chi connectivity index (χ4v) is 8.55. The van der Waals surface area contributed by atoms with Crippen LogP contribution in [0.15, 0.2) is 182 Å². The van der Waals surface area contributed by atoms with Gasteiger partial charge in [-0.1, -0.05) is 170 Å². The van der Waals surface area contributed by atoms with Crippen molar-refractivity contribution >= 4 is 5.97 Å². The Hall–Kier alpha value is -5.61. The fraction of sp³-hybridized carbons (Fsp3) is 0.327. The first kappa shape index (κ1) is 46.5. The van der Waals surface area contributed by atoms with Gasteiger partial charge in [0.15, 0.2) is 31.1 Å². The van der Waals surface area contributed by atoms with E-state index < -0.39 is 73.7 Å². The molecule has 6 aromatic rings. The lowest BCUT2D eigenvalue weighted by Crippen LogP contribution is -2.64. The number of carbonyl (C=O) groups excluding carboxylic acids is 1. The molecule has 348 valence electrons. The first-order chi connectivity index (χ1) is 33.1. The highest BCUT2D eigenvalue weighted by molar-refractivity contribution is 5.89. The van der Waals surface area contributed by atoms with Gasteiger partial charge in [-0.3, -0.25) is 0 Å². The van der Waals surface area contributed by atoms with Gasteiger partial charge in [0.1, 0.15) is 36.6 Å². The molecule has 6 aromatic carbocycles. The smallest absolute Gasteiger partial charge is 0.338 e. The number of hydrogen-bond acceptors (Lipinski definition) is 12. The molecule has 3 aliphatic rings. The highest BCUT2D eigenvalue weighted by Crippen LogP contribution is 2.40. The van der Waals surface area contributed by atoms with Crippen molar-refractivity contribution in [3.05, 3.63) is 215 Å². The van der Waals surface area contributed by atoms with E-state index in [9.17, 15) is 4.79 Å². The molecule has 0 aromatic heterocycles. The quantitative estimate of drug-likeness (QED) is 0.0682. The summed E-state index contributed by atoms with van der Waals surface area (Å²) >= 11 is 0. The number of carbonyl (C=O) groups is 1. The number of hydrogen-bond donors (Lipinski definition) is 0. The van der Waals surface area contributed by atoms with Gasteiger partial charge < -0.3 is 52.1 Å². The molecule has 67 heavy (non-hydrogen) atoms. The Morgan fingerprint density at radius 2 is 1.07 bits per heavy atom. The van der Waals surface area contributed by atoms with E-state index in [4.69, 9.17) is 52.1 Å². The molecule has 0 bridgehead atoms. The Labute approximate surface area is 391 Å². The number of fused-ring (bicyclic) bond motifs is 1. The van der Waals surface area contributed by atoms with Crippen LogP contribution in [-0.4, -0.2) is 87.7 Å². The lowest BCUT2D eigenvalue weighted by atomic mass is 9.96. The molecule has 0 N–H and O–H groups in total. The van der Waals surface area contributed by atoms with E-state index in [0.717, 1.165) is 27.8 Å². The summed E-state index contributed by atoms with van der Waals surface area (Å²) < 4.78 is 73.1. The Balaban J connectivity index is 1.07. The van der Waals surface area contributed by atoms with Crippen molar-refractivity contribution in [2.45, 2.75) is 94.1 Å². The zero-order valence-corrected chi connectivity index (χ0v) is 37.3. The number of benzene rings is 6. The van der Waals surface area contributed by atoms with Gasteiger partial charge in [-0.25, -0.2) is 4.79 Å². The lowest BCUT2D eigenvalue weighted by molar-refractivity contribution is -0.376. The van der Waals surface area contributed by atoms with E-state index in [-0.39, 0.29) is 33.0 Å². The Morgan fingerprint density at radius 3 is 1.66 bits per heavy atom. The molecule has 3 heterocycles. The van der Waals surface area contributed by atoms with E-state index in [1.165, 1.54) is 7.11 Å². The SMILES string of the molecule is CO[C@H]1O[C@@H]2COC(c3ccccc3)O[C@H]2[C@H](OC(=O)c2ccccc2)[C@@H]1O[C@H]1O[C@@H]([C@@H](COCc2ccccc2)OCc2ccccc2)[C@H](OCc2ccccc2)[C@H]1OCc1ccccc1. The van der Waals surface area contributed by atoms with Gasteiger partial charge in [0, 0.05) is 12.7 Å². The summed E-state index contributed by atoms with van der Waals surface area (Å²) in [7, 11) is 1.51. The molecule has 0 amide bonds. The second kappa shape index (κ2) is 23.4. The molecule has 12 nitrogen and oxygen atoms in total. The molecular weight excluding hydrogens is 853 g/mol. The van der Waals surface area contributed by atoms with Gasteiger partial charge in [-0.15, -0.1) is 0 Å². The lowest BCUT2D eigenvalue weighted by Gasteiger charge is -2.48. The van der Waals surface area contributed by atoms with Crippen molar-refractivity contribution in [1.82, 2.24) is 0 Å². The van der Waals surface area contributed by atoms with E-state index in [2.05, 4.69) is 0 Å². The van der Waals surface area contributed by atoms with Gasteiger partial charge in [0.25, 0.3) is 0 Å². The van der Waals surface area contributed by atoms with Crippen molar-refractivity contribution in [1.29, 1.82) is 0 Å². The summed E-state index contributed by atoms with van der Waals surface area (Å²) in [5.74, 6) is -0.572. The van der Waals surface area contributed by atoms with E-state index in [1.54, 1.807) is 24.3 Å². The molecule has 1 unspecified atom stereocenters. The molecule has 0 spiro atoms. The van der Waals surface area contributed by atoms with Gasteiger partial charge in [0.05, 0.1) is 45.2 Å². The van der Waals surface area contributed by atoms with Crippen LogP contribution in [0, 0.1) is 0 Å². The van der Waals surface area contributed by atoms with Crippen LogP contribution < -0.4 is 0 Å². The summed E-state index contributed by atoms with van der Waals surface area (Å²) in [6, 6.07) is 58.1. The first-order valence-electron chi connectivity index (χ1n) is 22.7. The van der Waals surface area contributed by atoms with E-state index >= 15 is 0 Å². The molecule has 0 radical (unpaired) electrons. The Bertz CT molecular complexity index is 2360. The third kappa shape index (κ3) is 12.1. The van der Waals surface area contributed by atoms with Crippen LogP contribution in [0.3, 0.4) is 0 Å². The highest BCUT2D eigenvalue weighted by Gasteiger charge is 2.57. The highest BCUT2D eigenvalue weighted by atomic mass is 16.8. The summed E-state index contributed by atoms with van der Waals surface area (Å²) in [4.78, 5) is 14.1. The maximum atomic E-state index is 14.1. The zero-order chi connectivity index (χ0) is 45.6. The molecule has 11 atom stereocenters. The minimum absolute atomic E-state index is 0.139. The van der Waals surface area contributed by atoms with Crippen LogP contribution in [0.1, 0.15) is 44.5 Å². The van der Waals surface area contributed by atoms with Crippen LogP contribution in [0.25, 0.3) is 0 Å². The number of esters is 1. The monoisotopic (exact) mass is 908 g/mol. The van der Waals surface area contributed by atoms with E-state index in [0.29, 0.717) is 12.2 Å². The summed E-state index contributed by atoms with van der Waals surface area (Å²) in [5.41, 5.74) is 5.04. The van der Waals surface area contributed by atoms with Crippen molar-refractivity contribution in [3.8, 4) is 0 Å². The predicted octanol–water partition coefficient (Wildman–Crippen LogP) is 8.78. The molecule has 3 aliphatic heterocycles. The van der Waals surface area contributed by atoms with E-state index in [1.807, 2.05) is 158 Å². The van der Waals surface area contributed by atoms with Gasteiger partial charge >= 0.3 is 5.97 Å². The normalized spacial score (nSPS) is 26.3. The maximum Gasteiger partial charge on any atom is 0.338 e. The standard InChI is InChI=1S/C55H56O12/c1-57-54-51(49(64-52(56)42-28-16-6-17-29-42)47-45(63-54)37-62-53(65-47)43-30-18-7-19-31-43)67-55-50(61-35-41-26-14-5-15-27-41)48(60-34-40-24-12-4-13-25-40)46(66-55)44(59-33-39-22-10-3-11-23-39)36-58-32-38-20-8-2-9-21-38/h2-31,44-51,53-55H,32-37H2,1H3/t44-,45-,46+,47-,48+,49+,50-,51+,53?,54+,55-/m1/s1. The average Bonchev–Trinajstić information content (AvgIpc) is 3.74. The third-order valence-corrected chi connectivity index (χ3v) is 12.0. The minimum atomic E-state index is -1.14. The van der Waals surface area contributed by atoms with Crippen LogP contribution in [0.2, 0.25) is 0 Å². The summed E-state index contributed by atoms with van der Waals surface area (Å²) in [5, 5.41) is 0. The molecule has 3 fully saturated rings. The number of rotatable bonds is 20. The molecule has 3 saturated heterocycles. The molecule has 12 heteroatoms. The van der Waals surface area contributed by atoms with Crippen molar-refractivity contribution in [2.75, 3.05) is 20.3 Å². The first-order valence-corrected chi connectivity index (χ1v) is 22.7. The van der Waals surface area contributed by atoms with Crippen LogP contribution >= 0.6 is 0 Å². The largest absolute Gasteiger partial charge is 0.453 e. The third-order valence-electron chi connectivity index (χ3n) is 12.0. The molecule has 0 aliphatic carbocycles. The van der Waals surface area contributed by atoms with Gasteiger partial charge in [-0.05, 0) is 34.4 Å². The average molecular weight is 909 g/mol. The second-order valence-corrected chi connectivity index (χ2v) is 16.6. The Kier molecular flexibility index (Phi) is 16.2. The minimum Gasteiger partial charge on any atom is -0.453 e. The van der Waals surface area contributed by atoms with Gasteiger partial charge in [0.2, 0.25) is 0 Å². The maximum absolute atomic E-state index is 14.1. The molecule has 9 rings (SSSR count). The van der Waals surface area contributed by atoms with Crippen LogP contribution in [-0.2, 0) is 78.5 Å². The van der Waals surface area contributed by atoms with Crippen molar-refractivity contribution in [3.63, 3.8) is 0 Å². The van der Waals surface area contributed by atoms with Crippen LogP contribution in [0.5, 0.6) is 0 Å². The second-order valence-electron chi connectivity index (χ2n) is 16.6. The zero-order valence-electron chi connectivity index (χ0n) is 37.3. The number of methoxy groups -OCH3 is 1. The van der Waals surface area contributed by atoms with Crippen LogP contribution in [0.4, 0.5) is 0 Å². The Morgan fingerprint density at radius 1 is 0.552 bits per heavy atom. The van der Waals surface area contributed by atoms with Gasteiger partial charge in [-0.2, -0.15) is 0 Å². The molecule has 0 saturated carbocycles. The number of ether oxygens (including phenoxy) is 11. The van der Waals surface area contributed by atoms with Crippen molar-refractivity contribution < 1.29 is 56.9 Å². The topological polar surface area (TPSA) is 119 Å². The molecular formula is C55H56O12. The summed E-state index contributed by atoms with van der Waals surface area (Å²) in [6.45, 7) is 1.36. The predicted molar refractivity (Wildman–Crippen MR) is 246 cm³/mol. The van der Waals surface area contributed by atoms with Crippen molar-refractivity contribution in [2.24, 2.45) is 0 Å².